The number of amides is 1. The van der Waals surface area contributed by atoms with Crippen molar-refractivity contribution < 1.29 is 33.2 Å². The summed E-state index contributed by atoms with van der Waals surface area (Å²) in [7, 11) is 0. The predicted octanol–water partition coefficient (Wildman–Crippen LogP) is 0.472. The maximum absolute atomic E-state index is 11.5. The summed E-state index contributed by atoms with van der Waals surface area (Å²) in [5.74, 6) is 6.52. The quantitative estimate of drug-likeness (QED) is 0.225. The SMILES string of the molecule is NNC(=O)COC1COc2cc(N)ccc2OCCOCCOc2ccc(N)cc2OC1. The van der Waals surface area contributed by atoms with Crippen LogP contribution in [0, 0.1) is 0 Å². The van der Waals surface area contributed by atoms with Gasteiger partial charge in [0.05, 0.1) is 13.2 Å². The molecule has 2 aromatic rings. The molecular weight excluding hydrogens is 420 g/mol. The fourth-order valence-corrected chi connectivity index (χ4v) is 2.78. The van der Waals surface area contributed by atoms with Gasteiger partial charge in [-0.05, 0) is 24.3 Å². The van der Waals surface area contributed by atoms with Crippen LogP contribution in [0.3, 0.4) is 0 Å². The van der Waals surface area contributed by atoms with Gasteiger partial charge in [-0.25, -0.2) is 5.84 Å². The Hall–Kier alpha value is -3.41. The maximum Gasteiger partial charge on any atom is 0.259 e. The van der Waals surface area contributed by atoms with E-state index in [1.54, 1.807) is 36.4 Å². The van der Waals surface area contributed by atoms with E-state index in [2.05, 4.69) is 0 Å². The van der Waals surface area contributed by atoms with Crippen molar-refractivity contribution >= 4 is 17.3 Å². The Labute approximate surface area is 185 Å². The van der Waals surface area contributed by atoms with Gasteiger partial charge in [0.2, 0.25) is 0 Å². The smallest absolute Gasteiger partial charge is 0.259 e. The number of nitrogens with two attached hydrogens (primary N) is 3. The third-order valence-electron chi connectivity index (χ3n) is 4.37. The second-order valence-electron chi connectivity index (χ2n) is 6.84. The van der Waals surface area contributed by atoms with Crippen LogP contribution in [0.25, 0.3) is 0 Å². The van der Waals surface area contributed by atoms with Crippen LogP contribution in [0.1, 0.15) is 0 Å². The summed E-state index contributed by atoms with van der Waals surface area (Å²) in [5.41, 5.74) is 14.8. The Bertz CT molecular complexity index is 835. The molecule has 3 rings (SSSR count). The largest absolute Gasteiger partial charge is 0.487 e. The molecule has 174 valence electrons. The number of carbonyl (C=O) groups is 1. The van der Waals surface area contributed by atoms with Crippen LogP contribution < -0.4 is 41.7 Å². The normalized spacial score (nSPS) is 15.7. The molecule has 0 saturated carbocycles. The minimum absolute atomic E-state index is 0.0483. The van der Waals surface area contributed by atoms with Gasteiger partial charge in [-0.15, -0.1) is 0 Å². The fraction of sp³-hybridized carbons (Fsp3) is 0.381. The van der Waals surface area contributed by atoms with E-state index in [-0.39, 0.29) is 19.8 Å². The lowest BCUT2D eigenvalue weighted by Gasteiger charge is -2.21. The van der Waals surface area contributed by atoms with Gasteiger partial charge in [-0.2, -0.15) is 0 Å². The molecule has 0 atom stereocenters. The second-order valence-corrected chi connectivity index (χ2v) is 6.84. The second kappa shape index (κ2) is 11.8. The van der Waals surface area contributed by atoms with Crippen LogP contribution in [0.15, 0.2) is 36.4 Å². The van der Waals surface area contributed by atoms with Crippen molar-refractivity contribution in [2.24, 2.45) is 5.84 Å². The molecule has 11 heteroatoms. The van der Waals surface area contributed by atoms with Gasteiger partial charge in [-0.3, -0.25) is 10.2 Å². The molecule has 7 N–H and O–H groups in total. The molecule has 32 heavy (non-hydrogen) atoms. The molecule has 0 aromatic heterocycles. The molecule has 1 aliphatic rings. The third-order valence-corrected chi connectivity index (χ3v) is 4.37. The minimum Gasteiger partial charge on any atom is -0.487 e. The van der Waals surface area contributed by atoms with E-state index >= 15 is 0 Å². The molecule has 11 nitrogen and oxygen atoms in total. The van der Waals surface area contributed by atoms with Crippen molar-refractivity contribution in [2.45, 2.75) is 6.10 Å². The topological polar surface area (TPSA) is 163 Å². The lowest BCUT2D eigenvalue weighted by molar-refractivity contribution is -0.129. The summed E-state index contributed by atoms with van der Waals surface area (Å²) in [4.78, 5) is 11.5. The van der Waals surface area contributed by atoms with Crippen molar-refractivity contribution in [1.82, 2.24) is 5.43 Å². The zero-order valence-electron chi connectivity index (χ0n) is 17.6. The number of hydrogen-bond donors (Lipinski definition) is 4. The van der Waals surface area contributed by atoms with E-state index in [0.29, 0.717) is 60.8 Å². The van der Waals surface area contributed by atoms with Crippen molar-refractivity contribution in [3.05, 3.63) is 36.4 Å². The van der Waals surface area contributed by atoms with Gasteiger partial charge < -0.3 is 39.9 Å². The number of nitrogens with one attached hydrogen (secondary N) is 1. The highest BCUT2D eigenvalue weighted by Gasteiger charge is 2.17. The summed E-state index contributed by atoms with van der Waals surface area (Å²) >= 11 is 0. The van der Waals surface area contributed by atoms with Crippen LogP contribution in [0.4, 0.5) is 11.4 Å². The van der Waals surface area contributed by atoms with Crippen molar-refractivity contribution in [2.75, 3.05) is 57.7 Å². The van der Waals surface area contributed by atoms with Crippen molar-refractivity contribution in [3.63, 3.8) is 0 Å². The van der Waals surface area contributed by atoms with Crippen LogP contribution in [0.5, 0.6) is 23.0 Å². The van der Waals surface area contributed by atoms with Crippen LogP contribution in [-0.4, -0.2) is 58.3 Å². The number of nitrogen functional groups attached to an aromatic ring is 2. The first-order valence-corrected chi connectivity index (χ1v) is 10.0. The summed E-state index contributed by atoms with van der Waals surface area (Å²) < 4.78 is 34.5. The highest BCUT2D eigenvalue weighted by molar-refractivity contribution is 5.76. The predicted molar refractivity (Wildman–Crippen MR) is 117 cm³/mol. The molecule has 0 aliphatic carbocycles. The van der Waals surface area contributed by atoms with E-state index in [1.165, 1.54) is 0 Å². The van der Waals surface area contributed by atoms with Gasteiger partial charge in [-0.1, -0.05) is 0 Å². The number of benzene rings is 2. The number of rotatable bonds is 3. The molecule has 0 bridgehead atoms. The first-order valence-electron chi connectivity index (χ1n) is 10.0. The number of hydrogen-bond acceptors (Lipinski definition) is 10. The molecule has 0 unspecified atom stereocenters. The number of fused-ring (bicyclic) bond motifs is 2. The Morgan fingerprint density at radius 3 is 1.88 bits per heavy atom. The highest BCUT2D eigenvalue weighted by Crippen LogP contribution is 2.31. The highest BCUT2D eigenvalue weighted by atomic mass is 16.6. The molecule has 0 spiro atoms. The Kier molecular flexibility index (Phi) is 8.61. The number of carbonyl (C=O) groups excluding carboxylic acids is 1. The monoisotopic (exact) mass is 448 g/mol. The summed E-state index contributed by atoms with van der Waals surface area (Å²) in [6.07, 6.45) is -0.632. The van der Waals surface area contributed by atoms with Crippen LogP contribution in [-0.2, 0) is 14.3 Å². The van der Waals surface area contributed by atoms with Gasteiger partial charge in [0.25, 0.3) is 5.91 Å². The molecule has 0 fully saturated rings. The fourth-order valence-electron chi connectivity index (χ4n) is 2.78. The molecule has 1 aliphatic heterocycles. The lowest BCUT2D eigenvalue weighted by Crippen LogP contribution is -2.37. The van der Waals surface area contributed by atoms with Crippen molar-refractivity contribution in [3.8, 4) is 23.0 Å². The number of anilines is 2. The van der Waals surface area contributed by atoms with Gasteiger partial charge >= 0.3 is 0 Å². The maximum atomic E-state index is 11.5. The molecule has 1 amide bonds. The van der Waals surface area contributed by atoms with E-state index in [4.69, 9.17) is 45.7 Å². The average Bonchev–Trinajstić information content (AvgIpc) is 2.79. The Morgan fingerprint density at radius 1 is 0.844 bits per heavy atom. The van der Waals surface area contributed by atoms with Crippen LogP contribution >= 0.6 is 0 Å². The number of hydrazine groups is 1. The zero-order chi connectivity index (χ0) is 22.8. The standard InChI is InChI=1S/C21H28N4O7/c22-14-1-3-17-19(9-14)31-11-16(30-13-21(26)25-24)12-32-20-10-15(23)2-4-18(20)29-8-6-27-5-7-28-17/h1-4,9-10,16H,5-8,11-13,22-24H2,(H,25,26). The summed E-state index contributed by atoms with van der Waals surface area (Å²) in [6.45, 7) is 1.17. The van der Waals surface area contributed by atoms with E-state index in [9.17, 15) is 4.79 Å². The summed E-state index contributed by atoms with van der Waals surface area (Å²) in [5, 5.41) is 0. The third kappa shape index (κ3) is 7.08. The van der Waals surface area contributed by atoms with Crippen molar-refractivity contribution in [1.29, 1.82) is 0 Å². The lowest BCUT2D eigenvalue weighted by atomic mass is 10.2. The molecule has 2 aromatic carbocycles. The summed E-state index contributed by atoms with van der Waals surface area (Å²) in [6, 6.07) is 10.1. The van der Waals surface area contributed by atoms with E-state index in [1.807, 2.05) is 5.43 Å². The van der Waals surface area contributed by atoms with Gasteiger partial charge in [0.15, 0.2) is 23.0 Å². The first-order chi connectivity index (χ1) is 15.5. The molecule has 0 radical (unpaired) electrons. The average molecular weight is 448 g/mol. The van der Waals surface area contributed by atoms with Crippen LogP contribution in [0.2, 0.25) is 0 Å². The molecule has 1 heterocycles. The van der Waals surface area contributed by atoms with Gasteiger partial charge in [0, 0.05) is 23.5 Å². The molecular formula is C21H28N4O7. The Balaban J connectivity index is 1.79. The minimum atomic E-state index is -0.632. The van der Waals surface area contributed by atoms with E-state index in [0.717, 1.165) is 0 Å². The number of ether oxygens (including phenoxy) is 6. The van der Waals surface area contributed by atoms with E-state index < -0.39 is 12.0 Å². The Morgan fingerprint density at radius 2 is 1.38 bits per heavy atom. The molecule has 0 saturated heterocycles. The zero-order valence-corrected chi connectivity index (χ0v) is 17.6. The first kappa shape index (κ1) is 23.3. The van der Waals surface area contributed by atoms with Gasteiger partial charge in [0.1, 0.15) is 39.1 Å².